The van der Waals surface area contributed by atoms with Crippen LogP contribution < -0.4 is 9.62 Å². The Hall–Kier alpha value is -2.40. The summed E-state index contributed by atoms with van der Waals surface area (Å²) in [6.45, 7) is 3.08. The Morgan fingerprint density at radius 2 is 1.63 bits per heavy atom. The standard InChI is InChI=1S/C23H29Cl2FN4O4S/c1-5-13-27-23(32)16(2)29(14-19-20(24)7-6-8-21(19)25)22(31)15-30(35(33,34)28(3)4)18-11-9-17(26)10-12-18/h6-12,16H,5,13-15H2,1-4H3,(H,27,32)/t16-/m0/s1. The molecule has 2 aromatic rings. The van der Waals surface area contributed by atoms with Gasteiger partial charge in [0.25, 0.3) is 0 Å². The molecule has 0 aromatic heterocycles. The van der Waals surface area contributed by atoms with Crippen molar-refractivity contribution in [2.75, 3.05) is 31.5 Å². The number of amides is 2. The summed E-state index contributed by atoms with van der Waals surface area (Å²) in [5.41, 5.74) is 0.510. The Kier molecular flexibility index (Phi) is 10.3. The van der Waals surface area contributed by atoms with Gasteiger partial charge in [-0.15, -0.1) is 0 Å². The van der Waals surface area contributed by atoms with E-state index in [9.17, 15) is 22.4 Å². The van der Waals surface area contributed by atoms with Crippen LogP contribution in [0.4, 0.5) is 10.1 Å². The molecule has 1 N–H and O–H groups in total. The first-order valence-corrected chi connectivity index (χ1v) is 13.0. The number of benzene rings is 2. The molecule has 2 aromatic carbocycles. The van der Waals surface area contributed by atoms with E-state index >= 15 is 0 Å². The summed E-state index contributed by atoms with van der Waals surface area (Å²) in [5, 5.41) is 3.34. The smallest absolute Gasteiger partial charge is 0.304 e. The summed E-state index contributed by atoms with van der Waals surface area (Å²) >= 11 is 12.6. The van der Waals surface area contributed by atoms with Crippen molar-refractivity contribution in [2.45, 2.75) is 32.9 Å². The third-order valence-electron chi connectivity index (χ3n) is 5.24. The van der Waals surface area contributed by atoms with Crippen molar-refractivity contribution >= 4 is 50.9 Å². The van der Waals surface area contributed by atoms with Crippen molar-refractivity contribution in [1.29, 1.82) is 0 Å². The molecule has 0 saturated heterocycles. The van der Waals surface area contributed by atoms with Crippen LogP contribution in [-0.4, -0.2) is 62.7 Å². The van der Waals surface area contributed by atoms with Gasteiger partial charge >= 0.3 is 10.2 Å². The zero-order chi connectivity index (χ0) is 26.3. The summed E-state index contributed by atoms with van der Waals surface area (Å²) in [5.74, 6) is -1.64. The third-order valence-corrected chi connectivity index (χ3v) is 7.77. The summed E-state index contributed by atoms with van der Waals surface area (Å²) in [6.07, 6.45) is 0.697. The molecule has 0 aliphatic carbocycles. The summed E-state index contributed by atoms with van der Waals surface area (Å²) in [6, 6.07) is 8.62. The lowest BCUT2D eigenvalue weighted by Gasteiger charge is -2.33. The third kappa shape index (κ3) is 7.30. The minimum absolute atomic E-state index is 0.0901. The summed E-state index contributed by atoms with van der Waals surface area (Å²) in [7, 11) is -1.50. The van der Waals surface area contributed by atoms with Gasteiger partial charge in [0.1, 0.15) is 18.4 Å². The monoisotopic (exact) mass is 546 g/mol. The largest absolute Gasteiger partial charge is 0.354 e. The predicted molar refractivity (Wildman–Crippen MR) is 136 cm³/mol. The number of hydrogen-bond acceptors (Lipinski definition) is 4. The lowest BCUT2D eigenvalue weighted by Crippen LogP contribution is -2.52. The second kappa shape index (κ2) is 12.5. The second-order valence-electron chi connectivity index (χ2n) is 7.96. The lowest BCUT2D eigenvalue weighted by atomic mass is 10.1. The van der Waals surface area contributed by atoms with E-state index in [4.69, 9.17) is 23.2 Å². The number of nitrogens with one attached hydrogen (secondary N) is 1. The fourth-order valence-corrected chi connectivity index (χ4v) is 4.73. The molecule has 0 bridgehead atoms. The van der Waals surface area contributed by atoms with E-state index in [1.54, 1.807) is 18.2 Å². The maximum absolute atomic E-state index is 13.6. The molecular weight excluding hydrogens is 518 g/mol. The van der Waals surface area contributed by atoms with Gasteiger partial charge in [-0.05, 0) is 49.7 Å². The summed E-state index contributed by atoms with van der Waals surface area (Å²) in [4.78, 5) is 27.5. The molecule has 0 heterocycles. The fraction of sp³-hybridized carbons (Fsp3) is 0.391. The molecule has 0 spiro atoms. The Balaban J connectivity index is 2.49. The van der Waals surface area contributed by atoms with E-state index in [-0.39, 0.29) is 12.2 Å². The molecule has 0 aliphatic rings. The first-order valence-electron chi connectivity index (χ1n) is 10.9. The first kappa shape index (κ1) is 28.8. The second-order valence-corrected chi connectivity index (χ2v) is 10.8. The van der Waals surface area contributed by atoms with Crippen molar-refractivity contribution in [3.8, 4) is 0 Å². The Bertz CT molecular complexity index is 1130. The van der Waals surface area contributed by atoms with Gasteiger partial charge in [0.15, 0.2) is 0 Å². The molecule has 0 fully saturated rings. The quantitative estimate of drug-likeness (QED) is 0.465. The van der Waals surface area contributed by atoms with E-state index in [2.05, 4.69) is 5.32 Å². The van der Waals surface area contributed by atoms with E-state index < -0.39 is 40.4 Å². The highest BCUT2D eigenvalue weighted by molar-refractivity contribution is 7.90. The molecule has 192 valence electrons. The van der Waals surface area contributed by atoms with Crippen molar-refractivity contribution in [3.63, 3.8) is 0 Å². The minimum atomic E-state index is -4.14. The lowest BCUT2D eigenvalue weighted by molar-refractivity contribution is -0.139. The molecule has 2 amide bonds. The van der Waals surface area contributed by atoms with Crippen molar-refractivity contribution in [3.05, 3.63) is 63.9 Å². The number of carbonyl (C=O) groups excluding carboxylic acids is 2. The Labute approximate surface area is 215 Å². The van der Waals surface area contributed by atoms with Crippen molar-refractivity contribution < 1.29 is 22.4 Å². The molecule has 0 aliphatic heterocycles. The van der Waals surface area contributed by atoms with Crippen LogP contribution in [0.5, 0.6) is 0 Å². The average molecular weight is 547 g/mol. The van der Waals surface area contributed by atoms with Crippen LogP contribution in [0.15, 0.2) is 42.5 Å². The van der Waals surface area contributed by atoms with Gasteiger partial charge in [0.05, 0.1) is 5.69 Å². The van der Waals surface area contributed by atoms with E-state index in [1.807, 2.05) is 6.92 Å². The van der Waals surface area contributed by atoms with Crippen LogP contribution >= 0.6 is 23.2 Å². The van der Waals surface area contributed by atoms with Crippen LogP contribution in [-0.2, 0) is 26.3 Å². The highest BCUT2D eigenvalue weighted by Gasteiger charge is 2.33. The molecule has 2 rings (SSSR count). The number of carbonyl (C=O) groups is 2. The zero-order valence-corrected chi connectivity index (χ0v) is 22.3. The normalized spacial score (nSPS) is 12.3. The average Bonchev–Trinajstić information content (AvgIpc) is 2.80. The predicted octanol–water partition coefficient (Wildman–Crippen LogP) is 3.69. The Morgan fingerprint density at radius 3 is 2.14 bits per heavy atom. The SMILES string of the molecule is CCCNC(=O)[C@H](C)N(Cc1c(Cl)cccc1Cl)C(=O)CN(c1ccc(F)cc1)S(=O)(=O)N(C)C. The molecule has 1 atom stereocenters. The number of anilines is 1. The first-order chi connectivity index (χ1) is 16.4. The van der Waals surface area contributed by atoms with E-state index in [1.165, 1.54) is 38.1 Å². The number of halogens is 3. The highest BCUT2D eigenvalue weighted by Crippen LogP contribution is 2.27. The Morgan fingerprint density at radius 1 is 1.06 bits per heavy atom. The van der Waals surface area contributed by atoms with Crippen molar-refractivity contribution in [2.24, 2.45) is 0 Å². The van der Waals surface area contributed by atoms with Gasteiger partial charge in [-0.25, -0.2) is 8.70 Å². The fourth-order valence-electron chi connectivity index (χ4n) is 3.16. The van der Waals surface area contributed by atoms with Crippen LogP contribution in [0.1, 0.15) is 25.8 Å². The van der Waals surface area contributed by atoms with Gasteiger partial charge < -0.3 is 10.2 Å². The van der Waals surface area contributed by atoms with Crippen LogP contribution in [0.3, 0.4) is 0 Å². The molecule has 0 saturated carbocycles. The molecule has 0 radical (unpaired) electrons. The van der Waals surface area contributed by atoms with Gasteiger partial charge in [0, 0.05) is 42.8 Å². The number of rotatable bonds is 11. The van der Waals surface area contributed by atoms with Gasteiger partial charge in [-0.2, -0.15) is 12.7 Å². The van der Waals surface area contributed by atoms with Gasteiger partial charge in [-0.1, -0.05) is 36.2 Å². The molecule has 0 unspecified atom stereocenters. The van der Waals surface area contributed by atoms with Gasteiger partial charge in [-0.3, -0.25) is 9.59 Å². The maximum atomic E-state index is 13.6. The van der Waals surface area contributed by atoms with Gasteiger partial charge in [0.2, 0.25) is 11.8 Å². The number of hydrogen-bond donors (Lipinski definition) is 1. The van der Waals surface area contributed by atoms with Crippen LogP contribution in [0.25, 0.3) is 0 Å². The molecular formula is C23H29Cl2FN4O4S. The highest BCUT2D eigenvalue weighted by atomic mass is 35.5. The summed E-state index contributed by atoms with van der Waals surface area (Å²) < 4.78 is 41.4. The van der Waals surface area contributed by atoms with Crippen LogP contribution in [0.2, 0.25) is 10.0 Å². The van der Waals surface area contributed by atoms with Crippen LogP contribution in [0, 0.1) is 5.82 Å². The maximum Gasteiger partial charge on any atom is 0.304 e. The molecule has 8 nitrogen and oxygen atoms in total. The van der Waals surface area contributed by atoms with E-state index in [0.29, 0.717) is 28.6 Å². The molecule has 12 heteroatoms. The number of nitrogens with zero attached hydrogens (tertiary/aromatic N) is 3. The zero-order valence-electron chi connectivity index (χ0n) is 20.0. The van der Waals surface area contributed by atoms with E-state index in [0.717, 1.165) is 20.7 Å². The molecule has 35 heavy (non-hydrogen) atoms. The topological polar surface area (TPSA) is 90.0 Å². The minimum Gasteiger partial charge on any atom is -0.354 e. The van der Waals surface area contributed by atoms with Crippen molar-refractivity contribution in [1.82, 2.24) is 14.5 Å².